The Kier molecular flexibility index (Phi) is 5.77. The van der Waals surface area contributed by atoms with Gasteiger partial charge in [-0.15, -0.1) is 12.4 Å². The second kappa shape index (κ2) is 7.21. The van der Waals surface area contributed by atoms with E-state index in [-0.39, 0.29) is 12.4 Å². The van der Waals surface area contributed by atoms with Crippen LogP contribution in [-0.2, 0) is 0 Å². The first-order chi connectivity index (χ1) is 10.1. The van der Waals surface area contributed by atoms with E-state index in [0.29, 0.717) is 27.4 Å². The lowest BCUT2D eigenvalue weighted by molar-refractivity contribution is 0.0975. The molecule has 3 N–H and O–H groups in total. The Morgan fingerprint density at radius 3 is 2.59 bits per heavy atom. The molecule has 1 aromatic rings. The number of thiocarbonyl (C=S) groups is 1. The minimum atomic E-state index is 0. The number of hydrogen-bond donors (Lipinski definition) is 2. The summed E-state index contributed by atoms with van der Waals surface area (Å²) < 4.78 is 5.38. The van der Waals surface area contributed by atoms with Gasteiger partial charge in [0.1, 0.15) is 10.7 Å². The van der Waals surface area contributed by atoms with Crippen LogP contribution in [0, 0.1) is 5.92 Å². The summed E-state index contributed by atoms with van der Waals surface area (Å²) in [6, 6.07) is 4.13. The van der Waals surface area contributed by atoms with Gasteiger partial charge in [-0.1, -0.05) is 23.8 Å². The molecule has 22 heavy (non-hydrogen) atoms. The SMILES string of the molecule is COc1cc(NC2CN3CCC2CC3)c(Cl)cc1C(N)=S.Cl. The average molecular weight is 362 g/mol. The number of nitrogens with two attached hydrogens (primary N) is 1. The molecule has 1 unspecified atom stereocenters. The van der Waals surface area contributed by atoms with Gasteiger partial charge in [0, 0.05) is 18.7 Å². The van der Waals surface area contributed by atoms with Gasteiger partial charge in [-0.05, 0) is 37.9 Å². The van der Waals surface area contributed by atoms with Gasteiger partial charge in [-0.2, -0.15) is 0 Å². The fourth-order valence-corrected chi connectivity index (χ4v) is 3.73. The van der Waals surface area contributed by atoms with E-state index in [0.717, 1.165) is 18.2 Å². The second-order valence-corrected chi connectivity index (χ2v) is 6.63. The fraction of sp³-hybridized carbons (Fsp3) is 0.533. The zero-order valence-corrected chi connectivity index (χ0v) is 14.9. The Balaban J connectivity index is 0.00000176. The zero-order valence-electron chi connectivity index (χ0n) is 12.5. The van der Waals surface area contributed by atoms with Gasteiger partial charge < -0.3 is 20.7 Å². The molecule has 0 aliphatic carbocycles. The largest absolute Gasteiger partial charge is 0.496 e. The van der Waals surface area contributed by atoms with Crippen LogP contribution in [0.4, 0.5) is 5.69 Å². The van der Waals surface area contributed by atoms with Crippen molar-refractivity contribution in [3.05, 3.63) is 22.7 Å². The molecule has 122 valence electrons. The van der Waals surface area contributed by atoms with Crippen molar-refractivity contribution in [2.45, 2.75) is 18.9 Å². The van der Waals surface area contributed by atoms with Crippen molar-refractivity contribution in [1.29, 1.82) is 0 Å². The third kappa shape index (κ3) is 3.43. The number of rotatable bonds is 4. The van der Waals surface area contributed by atoms with Crippen LogP contribution in [0.25, 0.3) is 0 Å². The third-order valence-corrected chi connectivity index (χ3v) is 5.08. The first kappa shape index (κ1) is 17.6. The van der Waals surface area contributed by atoms with Crippen molar-refractivity contribution in [1.82, 2.24) is 4.90 Å². The lowest BCUT2D eigenvalue weighted by Gasteiger charge is -2.45. The molecule has 0 aromatic heterocycles. The Morgan fingerprint density at radius 2 is 2.09 bits per heavy atom. The lowest BCUT2D eigenvalue weighted by Crippen LogP contribution is -2.53. The van der Waals surface area contributed by atoms with Crippen molar-refractivity contribution in [2.75, 3.05) is 32.1 Å². The van der Waals surface area contributed by atoms with Crippen molar-refractivity contribution in [3.63, 3.8) is 0 Å². The maximum absolute atomic E-state index is 6.38. The van der Waals surface area contributed by atoms with Crippen LogP contribution in [-0.4, -0.2) is 42.7 Å². The van der Waals surface area contributed by atoms with Crippen LogP contribution in [0.15, 0.2) is 12.1 Å². The molecule has 3 aliphatic rings. The number of hydrogen-bond acceptors (Lipinski definition) is 4. The maximum atomic E-state index is 6.38. The molecule has 0 spiro atoms. The molecule has 1 atom stereocenters. The first-order valence-electron chi connectivity index (χ1n) is 7.24. The molecular formula is C15H21Cl2N3OS. The van der Waals surface area contributed by atoms with Gasteiger partial charge >= 0.3 is 0 Å². The number of anilines is 1. The van der Waals surface area contributed by atoms with Crippen LogP contribution in [0.5, 0.6) is 5.75 Å². The van der Waals surface area contributed by atoms with Gasteiger partial charge in [0.25, 0.3) is 0 Å². The van der Waals surface area contributed by atoms with Crippen LogP contribution in [0.2, 0.25) is 5.02 Å². The smallest absolute Gasteiger partial charge is 0.131 e. The monoisotopic (exact) mass is 361 g/mol. The van der Waals surface area contributed by atoms with Crippen molar-refractivity contribution >= 4 is 46.9 Å². The normalized spacial score (nSPS) is 26.2. The average Bonchev–Trinajstić information content (AvgIpc) is 2.50. The van der Waals surface area contributed by atoms with E-state index in [1.165, 1.54) is 25.9 Å². The summed E-state index contributed by atoms with van der Waals surface area (Å²) in [5.74, 6) is 1.39. The van der Waals surface area contributed by atoms with Crippen molar-refractivity contribution in [3.8, 4) is 5.75 Å². The quantitative estimate of drug-likeness (QED) is 0.807. The Morgan fingerprint density at radius 1 is 1.41 bits per heavy atom. The number of ether oxygens (including phenoxy) is 1. The predicted molar refractivity (Wildman–Crippen MR) is 97.7 cm³/mol. The number of halogens is 2. The van der Waals surface area contributed by atoms with E-state index in [1.54, 1.807) is 13.2 Å². The molecule has 3 saturated heterocycles. The first-order valence-corrected chi connectivity index (χ1v) is 8.03. The summed E-state index contributed by atoms with van der Waals surface area (Å²) in [7, 11) is 1.61. The van der Waals surface area contributed by atoms with Crippen molar-refractivity contribution < 1.29 is 4.74 Å². The number of nitrogens with one attached hydrogen (secondary N) is 1. The molecule has 0 amide bonds. The summed E-state index contributed by atoms with van der Waals surface area (Å²) in [5, 5.41) is 4.22. The highest BCUT2D eigenvalue weighted by Crippen LogP contribution is 2.35. The highest BCUT2D eigenvalue weighted by Gasteiger charge is 2.34. The van der Waals surface area contributed by atoms with E-state index in [1.807, 2.05) is 6.07 Å². The van der Waals surface area contributed by atoms with Gasteiger partial charge in [0.05, 0.1) is 23.4 Å². The van der Waals surface area contributed by atoms with E-state index in [2.05, 4.69) is 10.2 Å². The number of fused-ring (bicyclic) bond motifs is 3. The molecule has 1 aromatic carbocycles. The summed E-state index contributed by atoms with van der Waals surface area (Å²) in [5.41, 5.74) is 7.28. The Bertz CT molecular complexity index is 562. The fourth-order valence-electron chi connectivity index (χ4n) is 3.35. The maximum Gasteiger partial charge on any atom is 0.131 e. The van der Waals surface area contributed by atoms with Crippen LogP contribution < -0.4 is 15.8 Å². The van der Waals surface area contributed by atoms with Gasteiger partial charge in [0.2, 0.25) is 0 Å². The second-order valence-electron chi connectivity index (χ2n) is 5.79. The summed E-state index contributed by atoms with van der Waals surface area (Å²) in [6.07, 6.45) is 2.52. The molecule has 2 bridgehead atoms. The topological polar surface area (TPSA) is 50.5 Å². The van der Waals surface area contributed by atoms with Crippen molar-refractivity contribution in [2.24, 2.45) is 11.7 Å². The Labute approximate surface area is 147 Å². The zero-order chi connectivity index (χ0) is 15.0. The molecule has 4 nitrogen and oxygen atoms in total. The van der Waals surface area contributed by atoms with Crippen LogP contribution in [0.3, 0.4) is 0 Å². The van der Waals surface area contributed by atoms with Gasteiger partial charge in [-0.3, -0.25) is 0 Å². The molecule has 3 aliphatic heterocycles. The van der Waals surface area contributed by atoms with Gasteiger partial charge in [0.15, 0.2) is 0 Å². The number of nitrogens with zero attached hydrogens (tertiary/aromatic N) is 1. The minimum Gasteiger partial charge on any atom is -0.496 e. The lowest BCUT2D eigenvalue weighted by atomic mass is 9.84. The molecular weight excluding hydrogens is 341 g/mol. The number of benzene rings is 1. The number of piperidine rings is 3. The van der Waals surface area contributed by atoms with E-state index in [4.69, 9.17) is 34.3 Å². The molecule has 3 heterocycles. The summed E-state index contributed by atoms with van der Waals surface area (Å²) >= 11 is 11.4. The molecule has 3 fully saturated rings. The molecule has 0 saturated carbocycles. The van der Waals surface area contributed by atoms with E-state index >= 15 is 0 Å². The van der Waals surface area contributed by atoms with E-state index < -0.39 is 0 Å². The summed E-state index contributed by atoms with van der Waals surface area (Å²) in [4.78, 5) is 2.80. The highest BCUT2D eigenvalue weighted by molar-refractivity contribution is 7.80. The molecule has 4 rings (SSSR count). The minimum absolute atomic E-state index is 0. The third-order valence-electron chi connectivity index (χ3n) is 4.55. The van der Waals surface area contributed by atoms with Gasteiger partial charge in [-0.25, -0.2) is 0 Å². The predicted octanol–water partition coefficient (Wildman–Crippen LogP) is 2.91. The van der Waals surface area contributed by atoms with E-state index in [9.17, 15) is 0 Å². The molecule has 0 radical (unpaired) electrons. The highest BCUT2D eigenvalue weighted by atomic mass is 35.5. The summed E-state index contributed by atoms with van der Waals surface area (Å²) in [6.45, 7) is 3.53. The Hall–Kier alpha value is -0.750. The van der Waals surface area contributed by atoms with Crippen LogP contribution in [0.1, 0.15) is 18.4 Å². The van der Waals surface area contributed by atoms with Crippen LogP contribution >= 0.6 is 36.2 Å². The molecule has 7 heteroatoms. The standard InChI is InChI=1S/C15H20ClN3OS.ClH/c1-20-14-7-12(11(16)6-10(14)15(17)21)18-13-8-19-4-2-9(13)3-5-19;/h6-7,9,13,18H,2-5,8H2,1H3,(H2,17,21);1H. The number of methoxy groups -OCH3 is 1.